The molecular formula is C32H34ClF3N6O2. The van der Waals surface area contributed by atoms with Crippen LogP contribution in [-0.4, -0.2) is 72.3 Å². The van der Waals surface area contributed by atoms with Gasteiger partial charge < -0.3 is 24.3 Å². The molecule has 1 amide bonds. The predicted octanol–water partition coefficient (Wildman–Crippen LogP) is 6.31. The van der Waals surface area contributed by atoms with E-state index in [0.717, 1.165) is 22.3 Å². The summed E-state index contributed by atoms with van der Waals surface area (Å²) in [5.74, 6) is -1.71. The minimum absolute atomic E-state index is 0.00528. The smallest absolute Gasteiger partial charge is 0.318 e. The van der Waals surface area contributed by atoms with E-state index in [0.29, 0.717) is 63.1 Å². The highest BCUT2D eigenvalue weighted by atomic mass is 35.5. The van der Waals surface area contributed by atoms with E-state index in [4.69, 9.17) is 32.9 Å². The van der Waals surface area contributed by atoms with E-state index in [1.54, 1.807) is 6.07 Å². The fraction of sp³-hybridized carbons (Fsp3) is 0.438. The number of fused-ring (bicyclic) bond motifs is 2. The zero-order valence-electron chi connectivity index (χ0n) is 24.5. The number of anilines is 2. The number of halogens is 4. The average Bonchev–Trinajstić information content (AvgIpc) is 3.01. The summed E-state index contributed by atoms with van der Waals surface area (Å²) in [7, 11) is 0. The first-order valence-corrected chi connectivity index (χ1v) is 15.1. The SMILES string of the molecule is [C-]#[N+]C[C@H]1CN(c2nc(OCCCCC(C)F)nc3c2CCN(c2cccc4ccc(F)c(Cl)c24)C3)CCN1C(=O)C(=C)F. The van der Waals surface area contributed by atoms with E-state index < -0.39 is 29.8 Å². The Bertz CT molecular complexity index is 1600. The second kappa shape index (κ2) is 13.7. The van der Waals surface area contributed by atoms with Gasteiger partial charge in [-0.1, -0.05) is 36.4 Å². The zero-order chi connectivity index (χ0) is 31.4. The highest BCUT2D eigenvalue weighted by Crippen LogP contribution is 2.38. The third-order valence-corrected chi connectivity index (χ3v) is 8.45. The average molecular weight is 627 g/mol. The number of unbranched alkanes of at least 4 members (excludes halogenated alkanes) is 1. The Morgan fingerprint density at radius 2 is 2.02 bits per heavy atom. The van der Waals surface area contributed by atoms with Gasteiger partial charge in [0.1, 0.15) is 17.7 Å². The van der Waals surface area contributed by atoms with Crippen molar-refractivity contribution in [2.45, 2.75) is 51.4 Å². The number of hydrogen-bond donors (Lipinski definition) is 0. The lowest BCUT2D eigenvalue weighted by Crippen LogP contribution is -2.57. The maximum absolute atomic E-state index is 14.5. The number of aromatic nitrogens is 2. The molecule has 0 N–H and O–H groups in total. The zero-order valence-corrected chi connectivity index (χ0v) is 25.3. The van der Waals surface area contributed by atoms with Gasteiger partial charge in [0.2, 0.25) is 6.54 Å². The molecule has 1 aromatic heterocycles. The molecule has 1 unspecified atom stereocenters. The van der Waals surface area contributed by atoms with Crippen molar-refractivity contribution in [3.8, 4) is 6.01 Å². The molecule has 232 valence electrons. The molecule has 0 radical (unpaired) electrons. The molecule has 3 aromatic rings. The van der Waals surface area contributed by atoms with Crippen LogP contribution in [-0.2, 0) is 17.8 Å². The molecule has 8 nitrogen and oxygen atoms in total. The number of carbonyl (C=O) groups excluding carboxylic acids is 1. The summed E-state index contributed by atoms with van der Waals surface area (Å²) in [6, 6.07) is 8.39. The first kappa shape index (κ1) is 31.4. The van der Waals surface area contributed by atoms with Crippen LogP contribution < -0.4 is 14.5 Å². The van der Waals surface area contributed by atoms with Crippen LogP contribution in [0, 0.1) is 12.4 Å². The lowest BCUT2D eigenvalue weighted by Gasteiger charge is -2.41. The fourth-order valence-corrected chi connectivity index (χ4v) is 6.17. The molecule has 12 heteroatoms. The van der Waals surface area contributed by atoms with Crippen LogP contribution >= 0.6 is 11.6 Å². The Morgan fingerprint density at radius 1 is 1.20 bits per heavy atom. The van der Waals surface area contributed by atoms with Gasteiger partial charge in [-0.3, -0.25) is 4.79 Å². The van der Waals surface area contributed by atoms with Crippen molar-refractivity contribution in [2.24, 2.45) is 0 Å². The lowest BCUT2D eigenvalue weighted by atomic mass is 10.0. The maximum Gasteiger partial charge on any atom is 0.318 e. The van der Waals surface area contributed by atoms with Gasteiger partial charge >= 0.3 is 6.01 Å². The van der Waals surface area contributed by atoms with Crippen LogP contribution in [0.3, 0.4) is 0 Å². The summed E-state index contributed by atoms with van der Waals surface area (Å²) in [4.78, 5) is 30.9. The molecule has 0 spiro atoms. The molecule has 0 aliphatic carbocycles. The van der Waals surface area contributed by atoms with Gasteiger partial charge in [0.25, 0.3) is 5.91 Å². The largest absolute Gasteiger partial charge is 0.463 e. The third-order valence-electron chi connectivity index (χ3n) is 8.08. The lowest BCUT2D eigenvalue weighted by molar-refractivity contribution is -0.131. The molecule has 2 atom stereocenters. The van der Waals surface area contributed by atoms with Gasteiger partial charge in [-0.15, -0.1) is 0 Å². The Hall–Kier alpha value is -4.04. The van der Waals surface area contributed by atoms with Gasteiger partial charge in [-0.25, -0.2) is 19.7 Å². The van der Waals surface area contributed by atoms with Crippen LogP contribution in [0.2, 0.25) is 5.02 Å². The Morgan fingerprint density at radius 3 is 2.77 bits per heavy atom. The van der Waals surface area contributed by atoms with Crippen LogP contribution in [0.1, 0.15) is 37.4 Å². The number of ether oxygens (including phenoxy) is 1. The predicted molar refractivity (Wildman–Crippen MR) is 165 cm³/mol. The number of rotatable bonds is 10. The summed E-state index contributed by atoms with van der Waals surface area (Å²) in [6.45, 7) is 14.2. The molecule has 0 bridgehead atoms. The van der Waals surface area contributed by atoms with Crippen molar-refractivity contribution in [2.75, 3.05) is 49.1 Å². The minimum Gasteiger partial charge on any atom is -0.463 e. The molecule has 2 aromatic carbocycles. The molecule has 44 heavy (non-hydrogen) atoms. The van der Waals surface area contributed by atoms with E-state index in [2.05, 4.69) is 16.3 Å². The van der Waals surface area contributed by atoms with Gasteiger partial charge in [0.15, 0.2) is 5.83 Å². The maximum atomic E-state index is 14.5. The van der Waals surface area contributed by atoms with Gasteiger partial charge in [-0.05, 0) is 50.1 Å². The van der Waals surface area contributed by atoms with Gasteiger partial charge in [-0.2, -0.15) is 9.97 Å². The van der Waals surface area contributed by atoms with Crippen molar-refractivity contribution in [3.05, 3.63) is 76.3 Å². The summed E-state index contributed by atoms with van der Waals surface area (Å²) in [6.07, 6.45) is 1.43. The minimum atomic E-state index is -1.06. The summed E-state index contributed by atoms with van der Waals surface area (Å²) in [5, 5.41) is 1.51. The molecule has 1 saturated heterocycles. The number of nitrogens with zero attached hydrogens (tertiary/aromatic N) is 6. The molecule has 2 aliphatic heterocycles. The van der Waals surface area contributed by atoms with Crippen LogP contribution in [0.4, 0.5) is 24.7 Å². The number of benzene rings is 2. The Labute approximate surface area is 259 Å². The summed E-state index contributed by atoms with van der Waals surface area (Å²) >= 11 is 6.44. The highest BCUT2D eigenvalue weighted by Gasteiger charge is 2.36. The highest BCUT2D eigenvalue weighted by molar-refractivity contribution is 6.36. The van der Waals surface area contributed by atoms with E-state index >= 15 is 0 Å². The van der Waals surface area contributed by atoms with Crippen LogP contribution in [0.15, 0.2) is 42.7 Å². The topological polar surface area (TPSA) is 66.2 Å². The number of amides is 1. The number of carbonyl (C=O) groups is 1. The molecular weight excluding hydrogens is 593 g/mol. The molecule has 2 aliphatic rings. The van der Waals surface area contributed by atoms with Crippen molar-refractivity contribution >= 4 is 39.8 Å². The Balaban J connectivity index is 1.47. The number of alkyl halides is 1. The van der Waals surface area contributed by atoms with Gasteiger partial charge in [0.05, 0.1) is 30.0 Å². The normalized spacial score (nSPS) is 17.3. The first-order chi connectivity index (χ1) is 21.2. The summed E-state index contributed by atoms with van der Waals surface area (Å²) < 4.78 is 47.5. The van der Waals surface area contributed by atoms with E-state index in [1.807, 2.05) is 23.1 Å². The standard InChI is InChI=1S/C32H34ClF3N6O2/c1-20(34)7-4-5-16-44-32-38-26-19-40(27-9-6-8-22-10-11-25(36)29(33)28(22)27)13-12-24(26)30(39-32)41-14-15-42(31(43)21(2)35)23(18-41)17-37-3/h6,8-11,20,23H,2,4-5,7,12-19H2,1H3/t20?,23-/m0/s1. The van der Waals surface area contributed by atoms with Crippen molar-refractivity contribution in [3.63, 3.8) is 0 Å². The molecule has 5 rings (SSSR count). The second-order valence-electron chi connectivity index (χ2n) is 11.1. The number of piperazine rings is 1. The van der Waals surface area contributed by atoms with E-state index in [9.17, 15) is 18.0 Å². The van der Waals surface area contributed by atoms with E-state index in [1.165, 1.54) is 17.9 Å². The second-order valence-corrected chi connectivity index (χ2v) is 11.5. The fourth-order valence-electron chi connectivity index (χ4n) is 5.90. The number of hydrogen-bond acceptors (Lipinski definition) is 6. The van der Waals surface area contributed by atoms with E-state index in [-0.39, 0.29) is 30.7 Å². The monoisotopic (exact) mass is 626 g/mol. The third kappa shape index (κ3) is 6.70. The van der Waals surface area contributed by atoms with Crippen LogP contribution in [0.25, 0.3) is 15.6 Å². The van der Waals surface area contributed by atoms with Crippen LogP contribution in [0.5, 0.6) is 6.01 Å². The molecule has 1 fully saturated rings. The molecule has 0 saturated carbocycles. The quantitative estimate of drug-likeness (QED) is 0.149. The Kier molecular flexibility index (Phi) is 9.79. The first-order valence-electron chi connectivity index (χ1n) is 14.7. The van der Waals surface area contributed by atoms with Crippen molar-refractivity contribution in [1.29, 1.82) is 0 Å². The van der Waals surface area contributed by atoms with Crippen molar-refractivity contribution in [1.82, 2.24) is 14.9 Å². The van der Waals surface area contributed by atoms with Crippen molar-refractivity contribution < 1.29 is 22.7 Å². The van der Waals surface area contributed by atoms with Gasteiger partial charge in [0, 0.05) is 42.8 Å². The summed E-state index contributed by atoms with van der Waals surface area (Å²) in [5.41, 5.74) is 2.43. The molecule has 3 heterocycles.